The van der Waals surface area contributed by atoms with Crippen molar-refractivity contribution in [3.8, 4) is 5.75 Å². The molecule has 0 saturated carbocycles. The van der Waals surface area contributed by atoms with Crippen LogP contribution in [-0.4, -0.2) is 28.5 Å². The Morgan fingerprint density at radius 2 is 2.00 bits per heavy atom. The first-order valence-corrected chi connectivity index (χ1v) is 8.41. The highest BCUT2D eigenvalue weighted by atomic mass is 32.1. The van der Waals surface area contributed by atoms with Gasteiger partial charge in [-0.3, -0.25) is 4.79 Å². The topological polar surface area (TPSA) is 81.7 Å². The Balaban J connectivity index is 1.64. The monoisotopic (exact) mass is 341 g/mol. The fourth-order valence-electron chi connectivity index (χ4n) is 3.06. The Bertz CT molecular complexity index is 827. The lowest BCUT2D eigenvalue weighted by molar-refractivity contribution is -0.126. The predicted molar refractivity (Wildman–Crippen MR) is 89.3 cm³/mol. The minimum atomic E-state index is -0.504. The SMILES string of the molecule is O=C1NC2=C(C(=O)N(Cc3cccs3)C2)[C@H](c2ccc(O)cc2)N1. The summed E-state index contributed by atoms with van der Waals surface area (Å²) in [5, 5.41) is 17.0. The third-order valence-electron chi connectivity index (χ3n) is 4.17. The summed E-state index contributed by atoms with van der Waals surface area (Å²) in [5.74, 6) is 0.0641. The van der Waals surface area contributed by atoms with Crippen LogP contribution in [0.3, 0.4) is 0 Å². The summed E-state index contributed by atoms with van der Waals surface area (Å²) in [6.45, 7) is 0.926. The summed E-state index contributed by atoms with van der Waals surface area (Å²) in [6.07, 6.45) is 0. The number of amides is 3. The molecule has 4 rings (SSSR count). The standard InChI is InChI=1S/C17H15N3O3S/c21-11-5-3-10(4-6-11)15-14-13(18-17(23)19-15)9-20(16(14)22)8-12-2-1-7-24-12/h1-7,15,21H,8-9H2,(H2,18,19,23)/t15-/m0/s1. The van der Waals surface area contributed by atoms with Gasteiger partial charge >= 0.3 is 6.03 Å². The van der Waals surface area contributed by atoms with Crippen LogP contribution in [0.1, 0.15) is 16.5 Å². The van der Waals surface area contributed by atoms with Crippen LogP contribution in [0.4, 0.5) is 4.79 Å². The summed E-state index contributed by atoms with van der Waals surface area (Å²) >= 11 is 1.60. The highest BCUT2D eigenvalue weighted by Gasteiger charge is 2.40. The van der Waals surface area contributed by atoms with Crippen molar-refractivity contribution in [3.05, 3.63) is 63.5 Å². The molecule has 3 amide bonds. The van der Waals surface area contributed by atoms with Crippen LogP contribution in [0.15, 0.2) is 53.0 Å². The van der Waals surface area contributed by atoms with E-state index in [1.54, 1.807) is 40.5 Å². The Morgan fingerprint density at radius 3 is 2.71 bits per heavy atom. The fraction of sp³-hybridized carbons (Fsp3) is 0.176. The Morgan fingerprint density at radius 1 is 1.21 bits per heavy atom. The molecule has 3 heterocycles. The maximum absolute atomic E-state index is 12.9. The number of thiophene rings is 1. The number of phenols is 1. The lowest BCUT2D eigenvalue weighted by Crippen LogP contribution is -2.44. The number of hydrogen-bond donors (Lipinski definition) is 3. The van der Waals surface area contributed by atoms with Gasteiger partial charge in [-0.25, -0.2) is 4.79 Å². The minimum absolute atomic E-state index is 0.0797. The maximum atomic E-state index is 12.9. The lowest BCUT2D eigenvalue weighted by Gasteiger charge is -2.25. The highest BCUT2D eigenvalue weighted by Crippen LogP contribution is 2.33. The van der Waals surface area contributed by atoms with E-state index in [0.29, 0.717) is 24.4 Å². The molecule has 3 N–H and O–H groups in total. The summed E-state index contributed by atoms with van der Waals surface area (Å²) in [6, 6.07) is 9.64. The van der Waals surface area contributed by atoms with Crippen molar-refractivity contribution in [2.24, 2.45) is 0 Å². The summed E-state index contributed by atoms with van der Waals surface area (Å²) < 4.78 is 0. The van der Waals surface area contributed by atoms with E-state index in [9.17, 15) is 14.7 Å². The summed E-state index contributed by atoms with van der Waals surface area (Å²) in [7, 11) is 0. The Hall–Kier alpha value is -2.80. The number of hydrogen-bond acceptors (Lipinski definition) is 4. The third-order valence-corrected chi connectivity index (χ3v) is 5.03. The van der Waals surface area contributed by atoms with Crippen molar-refractivity contribution in [3.63, 3.8) is 0 Å². The molecule has 0 unspecified atom stereocenters. The second kappa shape index (κ2) is 5.68. The number of aromatic hydroxyl groups is 1. The molecule has 1 aromatic heterocycles. The molecule has 2 aliphatic rings. The van der Waals surface area contributed by atoms with E-state index in [2.05, 4.69) is 10.6 Å². The molecule has 0 aliphatic carbocycles. The number of rotatable bonds is 3. The molecule has 1 atom stereocenters. The van der Waals surface area contributed by atoms with Gasteiger partial charge in [-0.05, 0) is 29.1 Å². The second-order valence-corrected chi connectivity index (χ2v) is 6.79. The number of nitrogens with one attached hydrogen (secondary N) is 2. The van der Waals surface area contributed by atoms with Crippen LogP contribution >= 0.6 is 11.3 Å². The van der Waals surface area contributed by atoms with E-state index in [0.717, 1.165) is 10.4 Å². The van der Waals surface area contributed by atoms with Gasteiger partial charge in [-0.15, -0.1) is 11.3 Å². The Labute approximate surface area is 142 Å². The lowest BCUT2D eigenvalue weighted by atomic mass is 9.96. The molecule has 1 aromatic carbocycles. The summed E-state index contributed by atoms with van der Waals surface area (Å²) in [4.78, 5) is 27.6. The number of urea groups is 1. The van der Waals surface area contributed by atoms with E-state index < -0.39 is 6.04 Å². The van der Waals surface area contributed by atoms with E-state index >= 15 is 0 Å². The van der Waals surface area contributed by atoms with Gasteiger partial charge in [0.1, 0.15) is 5.75 Å². The zero-order valence-electron chi connectivity index (χ0n) is 12.7. The van der Waals surface area contributed by atoms with Crippen molar-refractivity contribution in [1.29, 1.82) is 0 Å². The molecule has 0 fully saturated rings. The van der Waals surface area contributed by atoms with E-state index in [-0.39, 0.29) is 17.7 Å². The largest absolute Gasteiger partial charge is 0.508 e. The van der Waals surface area contributed by atoms with Gasteiger partial charge in [-0.1, -0.05) is 18.2 Å². The number of carbonyl (C=O) groups is 2. The third kappa shape index (κ3) is 2.52. The fourth-order valence-corrected chi connectivity index (χ4v) is 3.78. The number of carbonyl (C=O) groups excluding carboxylic acids is 2. The van der Waals surface area contributed by atoms with Crippen molar-refractivity contribution < 1.29 is 14.7 Å². The molecule has 2 aromatic rings. The normalized spacial score (nSPS) is 20.0. The summed E-state index contributed by atoms with van der Waals surface area (Å²) in [5.41, 5.74) is 1.98. The van der Waals surface area contributed by atoms with Crippen LogP contribution in [0.5, 0.6) is 5.75 Å². The molecule has 7 heteroatoms. The van der Waals surface area contributed by atoms with Gasteiger partial charge in [0.15, 0.2) is 0 Å². The average Bonchev–Trinajstić information content (AvgIpc) is 3.17. The average molecular weight is 341 g/mol. The zero-order valence-corrected chi connectivity index (χ0v) is 13.5. The van der Waals surface area contributed by atoms with Gasteiger partial charge in [-0.2, -0.15) is 0 Å². The van der Waals surface area contributed by atoms with E-state index in [1.807, 2.05) is 17.5 Å². The Kier molecular flexibility index (Phi) is 3.50. The van der Waals surface area contributed by atoms with Crippen molar-refractivity contribution in [2.45, 2.75) is 12.6 Å². The van der Waals surface area contributed by atoms with Gasteiger partial charge in [0.05, 0.1) is 30.4 Å². The molecule has 6 nitrogen and oxygen atoms in total. The quantitative estimate of drug-likeness (QED) is 0.800. The van der Waals surface area contributed by atoms with Gasteiger partial charge < -0.3 is 20.6 Å². The van der Waals surface area contributed by atoms with E-state index in [4.69, 9.17) is 0 Å². The van der Waals surface area contributed by atoms with Crippen LogP contribution in [-0.2, 0) is 11.3 Å². The molecule has 0 saturated heterocycles. The first kappa shape index (κ1) is 14.8. The van der Waals surface area contributed by atoms with E-state index in [1.165, 1.54) is 0 Å². The minimum Gasteiger partial charge on any atom is -0.508 e. The van der Waals surface area contributed by atoms with Crippen LogP contribution in [0.2, 0.25) is 0 Å². The van der Waals surface area contributed by atoms with Gasteiger partial charge in [0.25, 0.3) is 5.91 Å². The smallest absolute Gasteiger partial charge is 0.319 e. The van der Waals surface area contributed by atoms with Gasteiger partial charge in [0.2, 0.25) is 0 Å². The highest BCUT2D eigenvalue weighted by molar-refractivity contribution is 7.09. The van der Waals surface area contributed by atoms with Crippen molar-refractivity contribution in [2.75, 3.05) is 6.54 Å². The molecule has 0 radical (unpaired) electrons. The predicted octanol–water partition coefficient (Wildman–Crippen LogP) is 2.10. The number of phenolic OH excluding ortho intramolecular Hbond substituents is 1. The molecular formula is C17H15N3O3S. The molecule has 0 bridgehead atoms. The number of nitrogens with zero attached hydrogens (tertiary/aromatic N) is 1. The maximum Gasteiger partial charge on any atom is 0.319 e. The zero-order chi connectivity index (χ0) is 16.7. The van der Waals surface area contributed by atoms with Crippen molar-refractivity contribution in [1.82, 2.24) is 15.5 Å². The second-order valence-electron chi connectivity index (χ2n) is 5.76. The number of benzene rings is 1. The van der Waals surface area contributed by atoms with Crippen LogP contribution in [0, 0.1) is 0 Å². The van der Waals surface area contributed by atoms with Crippen LogP contribution < -0.4 is 10.6 Å². The molecule has 0 spiro atoms. The molecule has 24 heavy (non-hydrogen) atoms. The first-order valence-electron chi connectivity index (χ1n) is 7.53. The molecule has 2 aliphatic heterocycles. The van der Waals surface area contributed by atoms with Crippen molar-refractivity contribution >= 4 is 23.3 Å². The molecular weight excluding hydrogens is 326 g/mol. The first-order chi connectivity index (χ1) is 11.6. The molecule has 122 valence electrons. The van der Waals surface area contributed by atoms with Gasteiger partial charge in [0, 0.05) is 4.88 Å². The van der Waals surface area contributed by atoms with Crippen LogP contribution in [0.25, 0.3) is 0 Å².